The highest BCUT2D eigenvalue weighted by Gasteiger charge is 2.38. The molecule has 0 bridgehead atoms. The molecule has 5 heteroatoms. The molecule has 1 aliphatic heterocycles. The summed E-state index contributed by atoms with van der Waals surface area (Å²) < 4.78 is 0. The highest BCUT2D eigenvalue weighted by atomic mass is 16.2. The van der Waals surface area contributed by atoms with Gasteiger partial charge in [-0.1, -0.05) is 42.5 Å². The van der Waals surface area contributed by atoms with Crippen molar-refractivity contribution in [3.63, 3.8) is 0 Å². The van der Waals surface area contributed by atoms with Crippen LogP contribution in [-0.4, -0.2) is 17.7 Å². The van der Waals surface area contributed by atoms with Gasteiger partial charge in [-0.3, -0.25) is 14.4 Å². The number of fused-ring (bicyclic) bond motifs is 1. The van der Waals surface area contributed by atoms with Crippen LogP contribution >= 0.6 is 0 Å². The molecule has 3 aromatic carbocycles. The Hall–Kier alpha value is -3.73. The number of carbonyl (C=O) groups excluding carboxylic acids is 3. The molecule has 0 radical (unpaired) electrons. The summed E-state index contributed by atoms with van der Waals surface area (Å²) in [4.78, 5) is 38.4. The van der Waals surface area contributed by atoms with Crippen LogP contribution in [0.5, 0.6) is 0 Å². The third-order valence-electron chi connectivity index (χ3n) is 4.80. The number of imide groups is 1. The van der Waals surface area contributed by atoms with Crippen LogP contribution in [0.1, 0.15) is 36.6 Å². The van der Waals surface area contributed by atoms with Gasteiger partial charge in [-0.2, -0.15) is 0 Å². The molecule has 5 nitrogen and oxygen atoms in total. The summed E-state index contributed by atoms with van der Waals surface area (Å²) in [6, 6.07) is 19.6. The van der Waals surface area contributed by atoms with Crippen LogP contribution < -0.4 is 10.6 Å². The fraction of sp³-hybridized carbons (Fsp3) is 0.0455. The number of hydrogen-bond donors (Lipinski definition) is 1. The predicted molar refractivity (Wildman–Crippen MR) is 103 cm³/mol. The number of rotatable bonds is 3. The molecule has 0 atom stereocenters. The molecule has 132 valence electrons. The molecule has 1 heterocycles. The fourth-order valence-corrected chi connectivity index (χ4v) is 3.41. The van der Waals surface area contributed by atoms with E-state index in [2.05, 4.69) is 0 Å². The quantitative estimate of drug-likeness (QED) is 0.729. The molecular weight excluding hydrogens is 340 g/mol. The molecular formula is C22H16N2O3. The highest BCUT2D eigenvalue weighted by Crippen LogP contribution is 2.35. The maximum atomic E-state index is 12.9. The topological polar surface area (TPSA) is 80.5 Å². The van der Waals surface area contributed by atoms with E-state index in [-0.39, 0.29) is 16.7 Å². The van der Waals surface area contributed by atoms with Crippen LogP contribution in [0.25, 0.3) is 11.1 Å². The number of amides is 3. The van der Waals surface area contributed by atoms with Gasteiger partial charge < -0.3 is 5.73 Å². The molecule has 4 rings (SSSR count). The zero-order chi connectivity index (χ0) is 19.1. The van der Waals surface area contributed by atoms with Gasteiger partial charge in [-0.05, 0) is 47.9 Å². The highest BCUT2D eigenvalue weighted by molar-refractivity contribution is 6.35. The summed E-state index contributed by atoms with van der Waals surface area (Å²) in [6.07, 6.45) is 0. The van der Waals surface area contributed by atoms with E-state index in [1.54, 1.807) is 6.07 Å². The minimum absolute atomic E-state index is 0.195. The summed E-state index contributed by atoms with van der Waals surface area (Å²) in [5.41, 5.74) is 9.27. The number of carbonyl (C=O) groups is 3. The van der Waals surface area contributed by atoms with Crippen LogP contribution in [0.4, 0.5) is 5.69 Å². The summed E-state index contributed by atoms with van der Waals surface area (Å²) in [5, 5.41) is 0. The predicted octanol–water partition coefficient (Wildman–Crippen LogP) is 3.56. The maximum absolute atomic E-state index is 12.9. The van der Waals surface area contributed by atoms with Gasteiger partial charge in [0.25, 0.3) is 11.8 Å². The first-order valence-corrected chi connectivity index (χ1v) is 8.46. The smallest absolute Gasteiger partial charge is 0.266 e. The zero-order valence-corrected chi connectivity index (χ0v) is 14.6. The van der Waals surface area contributed by atoms with Crippen molar-refractivity contribution < 1.29 is 14.4 Å². The molecule has 1 aliphatic rings. The monoisotopic (exact) mass is 356 g/mol. The van der Waals surface area contributed by atoms with E-state index in [9.17, 15) is 14.4 Å². The van der Waals surface area contributed by atoms with E-state index in [4.69, 9.17) is 5.73 Å². The third kappa shape index (κ3) is 2.60. The summed E-state index contributed by atoms with van der Waals surface area (Å²) in [5.74, 6) is -1.50. The van der Waals surface area contributed by atoms with E-state index in [0.717, 1.165) is 21.6 Å². The number of anilines is 1. The van der Waals surface area contributed by atoms with Crippen LogP contribution in [0.2, 0.25) is 0 Å². The van der Waals surface area contributed by atoms with Crippen molar-refractivity contribution in [1.82, 2.24) is 0 Å². The molecule has 2 N–H and O–H groups in total. The van der Waals surface area contributed by atoms with Crippen molar-refractivity contribution in [2.45, 2.75) is 6.92 Å². The summed E-state index contributed by atoms with van der Waals surface area (Å²) >= 11 is 0. The zero-order valence-electron chi connectivity index (χ0n) is 14.6. The molecule has 0 spiro atoms. The molecule has 0 aromatic heterocycles. The van der Waals surface area contributed by atoms with E-state index in [1.807, 2.05) is 49.4 Å². The Balaban J connectivity index is 1.82. The SMILES string of the molecule is Cc1c(-c2ccccc2)cccc1N1C(=O)c2ccc(C(N)=O)cc2C1=O. The average Bonchev–Trinajstić information content (AvgIpc) is 2.93. The van der Waals surface area contributed by atoms with Crippen molar-refractivity contribution in [3.8, 4) is 11.1 Å². The second-order valence-corrected chi connectivity index (χ2v) is 6.39. The average molecular weight is 356 g/mol. The first kappa shape index (κ1) is 16.7. The largest absolute Gasteiger partial charge is 0.366 e. The molecule has 3 aromatic rings. The number of nitrogens with two attached hydrogens (primary N) is 1. The lowest BCUT2D eigenvalue weighted by molar-refractivity contribution is 0.0925. The van der Waals surface area contributed by atoms with E-state index in [0.29, 0.717) is 5.69 Å². The van der Waals surface area contributed by atoms with Crippen molar-refractivity contribution in [1.29, 1.82) is 0 Å². The normalized spacial score (nSPS) is 13.0. The van der Waals surface area contributed by atoms with Gasteiger partial charge in [0.2, 0.25) is 5.91 Å². The summed E-state index contributed by atoms with van der Waals surface area (Å²) in [6.45, 7) is 1.88. The van der Waals surface area contributed by atoms with Crippen molar-refractivity contribution >= 4 is 23.4 Å². The Morgan fingerprint density at radius 1 is 0.815 bits per heavy atom. The number of benzene rings is 3. The van der Waals surface area contributed by atoms with E-state index >= 15 is 0 Å². The molecule has 0 unspecified atom stereocenters. The lowest BCUT2D eigenvalue weighted by Gasteiger charge is -2.19. The lowest BCUT2D eigenvalue weighted by atomic mass is 9.99. The van der Waals surface area contributed by atoms with Crippen LogP contribution in [0.15, 0.2) is 66.7 Å². The fourth-order valence-electron chi connectivity index (χ4n) is 3.41. The Labute approximate surface area is 156 Å². The second-order valence-electron chi connectivity index (χ2n) is 6.39. The van der Waals surface area contributed by atoms with Crippen molar-refractivity contribution in [2.75, 3.05) is 4.90 Å². The Morgan fingerprint density at radius 3 is 2.22 bits per heavy atom. The van der Waals surface area contributed by atoms with Crippen molar-refractivity contribution in [2.24, 2.45) is 5.73 Å². The number of hydrogen-bond acceptors (Lipinski definition) is 3. The van der Waals surface area contributed by atoms with Gasteiger partial charge >= 0.3 is 0 Å². The first-order valence-electron chi connectivity index (χ1n) is 8.46. The van der Waals surface area contributed by atoms with E-state index in [1.165, 1.54) is 18.2 Å². The first-order chi connectivity index (χ1) is 13.0. The molecule has 0 fully saturated rings. The Morgan fingerprint density at radius 2 is 1.52 bits per heavy atom. The van der Waals surface area contributed by atoms with Crippen LogP contribution in [-0.2, 0) is 0 Å². The number of primary amides is 1. The summed E-state index contributed by atoms with van der Waals surface area (Å²) in [7, 11) is 0. The van der Waals surface area contributed by atoms with Gasteiger partial charge in [-0.25, -0.2) is 4.90 Å². The molecule has 3 amide bonds. The third-order valence-corrected chi connectivity index (χ3v) is 4.80. The molecule has 0 aliphatic carbocycles. The molecule has 27 heavy (non-hydrogen) atoms. The second kappa shape index (κ2) is 6.21. The minimum atomic E-state index is -0.640. The van der Waals surface area contributed by atoms with Crippen LogP contribution in [0, 0.1) is 6.92 Å². The maximum Gasteiger partial charge on any atom is 0.266 e. The van der Waals surface area contributed by atoms with Gasteiger partial charge in [0.15, 0.2) is 0 Å². The molecule has 0 saturated carbocycles. The standard InChI is InChI=1S/C22H16N2O3/c1-13-16(14-6-3-2-4-7-14)8-5-9-19(13)24-21(26)17-11-10-15(20(23)25)12-18(17)22(24)27/h2-12H,1H3,(H2,23,25). The Kier molecular flexibility index (Phi) is 3.85. The van der Waals surface area contributed by atoms with Gasteiger partial charge in [0.05, 0.1) is 16.8 Å². The van der Waals surface area contributed by atoms with Gasteiger partial charge in [0.1, 0.15) is 0 Å². The van der Waals surface area contributed by atoms with Crippen molar-refractivity contribution in [3.05, 3.63) is 89.0 Å². The Bertz CT molecular complexity index is 1100. The van der Waals surface area contributed by atoms with E-state index < -0.39 is 17.7 Å². The van der Waals surface area contributed by atoms with Gasteiger partial charge in [-0.15, -0.1) is 0 Å². The lowest BCUT2D eigenvalue weighted by Crippen LogP contribution is -2.30. The number of nitrogens with zero attached hydrogens (tertiary/aromatic N) is 1. The minimum Gasteiger partial charge on any atom is -0.366 e. The molecule has 0 saturated heterocycles. The van der Waals surface area contributed by atoms with Gasteiger partial charge in [0, 0.05) is 5.56 Å². The van der Waals surface area contributed by atoms with Crippen LogP contribution in [0.3, 0.4) is 0 Å².